The Morgan fingerprint density at radius 3 is 3.06 bits per heavy atom. The molecule has 1 unspecified atom stereocenters. The van der Waals surface area contributed by atoms with Gasteiger partial charge in [-0.3, -0.25) is 5.43 Å². The van der Waals surface area contributed by atoms with Gasteiger partial charge in [0.15, 0.2) is 0 Å². The molecule has 1 aromatic heterocycles. The molecule has 0 saturated carbocycles. The van der Waals surface area contributed by atoms with Crippen LogP contribution in [0.15, 0.2) is 6.07 Å². The summed E-state index contributed by atoms with van der Waals surface area (Å²) in [6.07, 6.45) is 2.19. The van der Waals surface area contributed by atoms with E-state index in [0.29, 0.717) is 12.0 Å². The number of aryl methyl sites for hydroxylation is 1. The summed E-state index contributed by atoms with van der Waals surface area (Å²) in [5.74, 6) is 6.51. The van der Waals surface area contributed by atoms with Crippen molar-refractivity contribution < 1.29 is 4.74 Å². The van der Waals surface area contributed by atoms with Crippen molar-refractivity contribution in [3.05, 3.63) is 11.8 Å². The van der Waals surface area contributed by atoms with E-state index < -0.39 is 0 Å². The second-order valence-corrected chi connectivity index (χ2v) is 3.92. The first-order valence-electron chi connectivity index (χ1n) is 5.44. The predicted molar refractivity (Wildman–Crippen MR) is 62.0 cm³/mol. The van der Waals surface area contributed by atoms with Crippen LogP contribution in [0, 0.1) is 6.92 Å². The fourth-order valence-corrected chi connectivity index (χ4v) is 1.77. The fourth-order valence-electron chi connectivity index (χ4n) is 1.77. The first kappa shape index (κ1) is 11.1. The molecule has 16 heavy (non-hydrogen) atoms. The molecule has 0 spiro atoms. The van der Waals surface area contributed by atoms with Gasteiger partial charge in [-0.05, 0) is 19.8 Å². The lowest BCUT2D eigenvalue weighted by Gasteiger charge is -2.23. The standard InChI is InChI=1S/C10H17N5O/c1-7-5-9(14-10(12-7)15-11)13-8-3-2-4-16-6-8/h5,8H,2-4,6,11H2,1H3,(H2,12,13,14,15). The number of ether oxygens (including phenoxy) is 1. The van der Waals surface area contributed by atoms with Crippen molar-refractivity contribution in [3.63, 3.8) is 0 Å². The number of hydrazine groups is 1. The third-order valence-electron chi connectivity index (χ3n) is 2.50. The number of nitrogens with one attached hydrogen (secondary N) is 2. The quantitative estimate of drug-likeness (QED) is 0.515. The average molecular weight is 223 g/mol. The largest absolute Gasteiger partial charge is 0.379 e. The Morgan fingerprint density at radius 2 is 2.38 bits per heavy atom. The minimum absolute atomic E-state index is 0.327. The lowest BCUT2D eigenvalue weighted by Crippen LogP contribution is -2.30. The molecule has 2 rings (SSSR count). The Kier molecular flexibility index (Phi) is 3.53. The Bertz CT molecular complexity index is 351. The topological polar surface area (TPSA) is 85.1 Å². The smallest absolute Gasteiger partial charge is 0.239 e. The lowest BCUT2D eigenvalue weighted by molar-refractivity contribution is 0.0875. The molecule has 6 heteroatoms. The summed E-state index contributed by atoms with van der Waals surface area (Å²) < 4.78 is 5.39. The molecule has 1 atom stereocenters. The maximum atomic E-state index is 5.39. The second-order valence-electron chi connectivity index (χ2n) is 3.92. The van der Waals surface area contributed by atoms with Gasteiger partial charge in [0.25, 0.3) is 0 Å². The molecule has 0 amide bonds. The normalized spacial score (nSPS) is 20.5. The molecule has 4 N–H and O–H groups in total. The first-order valence-corrected chi connectivity index (χ1v) is 5.44. The summed E-state index contributed by atoms with van der Waals surface area (Å²) in [5.41, 5.74) is 3.33. The van der Waals surface area contributed by atoms with Gasteiger partial charge in [-0.15, -0.1) is 0 Å². The van der Waals surface area contributed by atoms with Gasteiger partial charge in [0.05, 0.1) is 12.6 Å². The van der Waals surface area contributed by atoms with Crippen molar-refractivity contribution in [2.24, 2.45) is 5.84 Å². The molecule has 88 valence electrons. The number of nitrogen functional groups attached to an aromatic ring is 1. The van der Waals surface area contributed by atoms with Crippen molar-refractivity contribution in [3.8, 4) is 0 Å². The third kappa shape index (κ3) is 2.80. The van der Waals surface area contributed by atoms with Crippen LogP contribution in [0.3, 0.4) is 0 Å². The van der Waals surface area contributed by atoms with Crippen molar-refractivity contribution in [1.29, 1.82) is 0 Å². The van der Waals surface area contributed by atoms with E-state index in [4.69, 9.17) is 10.6 Å². The molecule has 0 aliphatic carbocycles. The summed E-state index contributed by atoms with van der Waals surface area (Å²) >= 11 is 0. The van der Waals surface area contributed by atoms with Crippen LogP contribution >= 0.6 is 0 Å². The van der Waals surface area contributed by atoms with Crippen LogP contribution < -0.4 is 16.6 Å². The summed E-state index contributed by atoms with van der Waals surface area (Å²) in [6.45, 7) is 3.50. The van der Waals surface area contributed by atoms with Crippen LogP contribution in [0.4, 0.5) is 11.8 Å². The molecule has 1 fully saturated rings. The van der Waals surface area contributed by atoms with E-state index in [1.807, 2.05) is 13.0 Å². The summed E-state index contributed by atoms with van der Waals surface area (Å²) in [6, 6.07) is 2.23. The number of rotatable bonds is 3. The van der Waals surface area contributed by atoms with Crippen LogP contribution in [0.5, 0.6) is 0 Å². The number of anilines is 2. The molecule has 1 aliphatic heterocycles. The molecule has 1 saturated heterocycles. The Hall–Kier alpha value is -1.40. The second kappa shape index (κ2) is 5.09. The van der Waals surface area contributed by atoms with Crippen LogP contribution in [-0.4, -0.2) is 29.2 Å². The minimum atomic E-state index is 0.327. The van der Waals surface area contributed by atoms with E-state index in [0.717, 1.165) is 37.6 Å². The van der Waals surface area contributed by atoms with Crippen molar-refractivity contribution in [1.82, 2.24) is 9.97 Å². The fraction of sp³-hybridized carbons (Fsp3) is 0.600. The summed E-state index contributed by atoms with van der Waals surface area (Å²) in [5, 5.41) is 3.32. The van der Waals surface area contributed by atoms with Gasteiger partial charge >= 0.3 is 0 Å². The van der Waals surface area contributed by atoms with Crippen LogP contribution in [0.1, 0.15) is 18.5 Å². The minimum Gasteiger partial charge on any atom is -0.379 e. The Morgan fingerprint density at radius 1 is 1.50 bits per heavy atom. The molecule has 0 bridgehead atoms. The van der Waals surface area contributed by atoms with Crippen LogP contribution in [0.25, 0.3) is 0 Å². The van der Waals surface area contributed by atoms with Gasteiger partial charge in [-0.2, -0.15) is 4.98 Å². The highest BCUT2D eigenvalue weighted by Gasteiger charge is 2.14. The van der Waals surface area contributed by atoms with Crippen molar-refractivity contribution in [2.75, 3.05) is 24.0 Å². The predicted octanol–water partition coefficient (Wildman–Crippen LogP) is 0.662. The molecule has 1 aromatic rings. The zero-order chi connectivity index (χ0) is 11.4. The van der Waals surface area contributed by atoms with Gasteiger partial charge in [0.2, 0.25) is 5.95 Å². The summed E-state index contributed by atoms with van der Waals surface area (Å²) in [7, 11) is 0. The molecular weight excluding hydrogens is 206 g/mol. The zero-order valence-corrected chi connectivity index (χ0v) is 9.36. The Balaban J connectivity index is 2.04. The van der Waals surface area contributed by atoms with E-state index in [1.165, 1.54) is 0 Å². The zero-order valence-electron chi connectivity index (χ0n) is 9.36. The van der Waals surface area contributed by atoms with E-state index in [9.17, 15) is 0 Å². The maximum Gasteiger partial charge on any atom is 0.239 e. The highest BCUT2D eigenvalue weighted by Crippen LogP contribution is 2.14. The first-order chi connectivity index (χ1) is 7.78. The number of hydrogen-bond donors (Lipinski definition) is 3. The summed E-state index contributed by atoms with van der Waals surface area (Å²) in [4.78, 5) is 8.36. The SMILES string of the molecule is Cc1cc(NC2CCCOC2)nc(NN)n1. The molecule has 0 radical (unpaired) electrons. The Labute approximate surface area is 94.6 Å². The monoisotopic (exact) mass is 223 g/mol. The highest BCUT2D eigenvalue weighted by atomic mass is 16.5. The van der Waals surface area contributed by atoms with E-state index >= 15 is 0 Å². The number of aromatic nitrogens is 2. The maximum absolute atomic E-state index is 5.39. The highest BCUT2D eigenvalue weighted by molar-refractivity contribution is 5.42. The van der Waals surface area contributed by atoms with E-state index in [-0.39, 0.29) is 0 Å². The van der Waals surface area contributed by atoms with Gasteiger partial charge in [0, 0.05) is 18.4 Å². The number of nitrogens with two attached hydrogens (primary N) is 1. The van der Waals surface area contributed by atoms with Crippen LogP contribution in [-0.2, 0) is 4.74 Å². The van der Waals surface area contributed by atoms with Crippen molar-refractivity contribution in [2.45, 2.75) is 25.8 Å². The van der Waals surface area contributed by atoms with E-state index in [2.05, 4.69) is 20.7 Å². The molecular formula is C10H17N5O. The lowest BCUT2D eigenvalue weighted by atomic mass is 10.1. The molecule has 6 nitrogen and oxygen atoms in total. The number of hydrogen-bond acceptors (Lipinski definition) is 6. The molecule has 1 aliphatic rings. The van der Waals surface area contributed by atoms with Gasteiger partial charge in [-0.1, -0.05) is 0 Å². The van der Waals surface area contributed by atoms with E-state index in [1.54, 1.807) is 0 Å². The van der Waals surface area contributed by atoms with Gasteiger partial charge in [-0.25, -0.2) is 10.8 Å². The average Bonchev–Trinajstić information content (AvgIpc) is 2.29. The van der Waals surface area contributed by atoms with Crippen LogP contribution in [0.2, 0.25) is 0 Å². The molecule has 0 aromatic carbocycles. The van der Waals surface area contributed by atoms with Crippen molar-refractivity contribution >= 4 is 11.8 Å². The van der Waals surface area contributed by atoms with Gasteiger partial charge < -0.3 is 10.1 Å². The molecule has 2 heterocycles. The third-order valence-corrected chi connectivity index (χ3v) is 2.50. The number of nitrogens with zero attached hydrogens (tertiary/aromatic N) is 2. The van der Waals surface area contributed by atoms with Gasteiger partial charge in [0.1, 0.15) is 5.82 Å².